The molecule has 0 amide bonds. The summed E-state index contributed by atoms with van der Waals surface area (Å²) in [5.41, 5.74) is 0.691. The number of ketones is 1. The zero-order valence-corrected chi connectivity index (χ0v) is 10.4. The van der Waals surface area contributed by atoms with Crippen LogP contribution in [0.4, 0.5) is 0 Å². The van der Waals surface area contributed by atoms with E-state index in [4.69, 9.17) is 0 Å². The molecular weight excluding hydrogens is 212 g/mol. The van der Waals surface area contributed by atoms with Gasteiger partial charge in [-0.3, -0.25) is 4.79 Å². The maximum Gasteiger partial charge on any atom is 0.179 e. The van der Waals surface area contributed by atoms with Crippen molar-refractivity contribution in [2.24, 2.45) is 0 Å². The van der Waals surface area contributed by atoms with Crippen LogP contribution in [0.3, 0.4) is 0 Å². The number of carbonyl (C=O) groups excluding carboxylic acids is 1. The summed E-state index contributed by atoms with van der Waals surface area (Å²) in [6.07, 6.45) is 6.69. The third kappa shape index (κ3) is 2.48. The van der Waals surface area contributed by atoms with Gasteiger partial charge in [0.1, 0.15) is 4.75 Å². The van der Waals surface area contributed by atoms with Crippen molar-refractivity contribution in [1.29, 1.82) is 0 Å². The van der Waals surface area contributed by atoms with Gasteiger partial charge >= 0.3 is 0 Å². The molecule has 0 aromatic carbocycles. The van der Waals surface area contributed by atoms with Crippen molar-refractivity contribution in [3.05, 3.63) is 11.6 Å². The third-order valence-electron chi connectivity index (χ3n) is 3.06. The van der Waals surface area contributed by atoms with Gasteiger partial charge in [-0.1, -0.05) is 6.08 Å². The van der Waals surface area contributed by atoms with Gasteiger partial charge < -0.3 is 0 Å². The lowest BCUT2D eigenvalue weighted by atomic mass is 9.91. The lowest BCUT2D eigenvalue weighted by Gasteiger charge is -2.23. The Hall–Kier alpha value is -0.640. The first kappa shape index (κ1) is 12.4. The van der Waals surface area contributed by atoms with Crippen LogP contribution < -0.4 is 0 Å². The molecule has 0 spiro atoms. The minimum Gasteiger partial charge on any atom is -0.293 e. The average molecular weight is 230 g/mol. The summed E-state index contributed by atoms with van der Waals surface area (Å²) in [6.45, 7) is 2.97. The molecule has 0 saturated carbocycles. The Morgan fingerprint density at radius 2 is 1.93 bits per heavy atom. The van der Waals surface area contributed by atoms with E-state index in [1.54, 1.807) is 0 Å². The summed E-state index contributed by atoms with van der Waals surface area (Å²) in [6, 6.07) is 0. The summed E-state index contributed by atoms with van der Waals surface area (Å²) in [4.78, 5) is 12.0. The van der Waals surface area contributed by atoms with Crippen molar-refractivity contribution in [2.45, 2.75) is 44.3 Å². The summed E-state index contributed by atoms with van der Waals surface area (Å²) < 4.78 is 21.7. The highest BCUT2D eigenvalue weighted by Crippen LogP contribution is 2.26. The molecular formula is C11H18O3S. The molecule has 1 rings (SSSR count). The Bertz CT molecular complexity index is 388. The average Bonchev–Trinajstić information content (AvgIpc) is 2.16. The second-order valence-electron chi connectivity index (χ2n) is 4.59. The van der Waals surface area contributed by atoms with E-state index in [9.17, 15) is 13.2 Å². The van der Waals surface area contributed by atoms with Crippen LogP contribution in [0.15, 0.2) is 11.6 Å². The number of rotatable bonds is 3. The number of allylic oxidation sites excluding steroid dienone is 2. The van der Waals surface area contributed by atoms with Gasteiger partial charge in [0.25, 0.3) is 0 Å². The highest BCUT2D eigenvalue weighted by Gasteiger charge is 2.39. The van der Waals surface area contributed by atoms with Gasteiger partial charge in [0, 0.05) is 6.26 Å². The largest absolute Gasteiger partial charge is 0.293 e. The van der Waals surface area contributed by atoms with E-state index in [-0.39, 0.29) is 5.78 Å². The maximum absolute atomic E-state index is 12.0. The van der Waals surface area contributed by atoms with Gasteiger partial charge in [0.2, 0.25) is 0 Å². The Morgan fingerprint density at radius 3 is 2.33 bits per heavy atom. The summed E-state index contributed by atoms with van der Waals surface area (Å²) >= 11 is 0. The summed E-state index contributed by atoms with van der Waals surface area (Å²) in [5.74, 6) is -0.232. The van der Waals surface area contributed by atoms with Crippen molar-refractivity contribution in [2.75, 3.05) is 6.26 Å². The van der Waals surface area contributed by atoms with E-state index in [0.29, 0.717) is 5.57 Å². The molecule has 0 heterocycles. The molecule has 1 aliphatic carbocycles. The van der Waals surface area contributed by atoms with Gasteiger partial charge in [-0.15, -0.1) is 0 Å². The first-order valence-electron chi connectivity index (χ1n) is 5.20. The normalized spacial score (nSPS) is 18.5. The second-order valence-corrected chi connectivity index (χ2v) is 7.15. The maximum atomic E-state index is 12.0. The first-order valence-corrected chi connectivity index (χ1v) is 7.09. The molecule has 0 aliphatic heterocycles. The van der Waals surface area contributed by atoms with E-state index < -0.39 is 14.6 Å². The van der Waals surface area contributed by atoms with Gasteiger partial charge in [-0.05, 0) is 45.1 Å². The smallest absolute Gasteiger partial charge is 0.179 e. The van der Waals surface area contributed by atoms with Gasteiger partial charge in [-0.2, -0.15) is 0 Å². The molecule has 0 aromatic heterocycles. The van der Waals surface area contributed by atoms with Gasteiger partial charge in [0.05, 0.1) is 0 Å². The van der Waals surface area contributed by atoms with Gasteiger partial charge in [0.15, 0.2) is 15.6 Å². The SMILES string of the molecule is CC(C)(C(=O)C1=CCCCC1)S(C)(=O)=O. The fourth-order valence-electron chi connectivity index (χ4n) is 1.60. The predicted molar refractivity (Wildman–Crippen MR) is 60.5 cm³/mol. The quantitative estimate of drug-likeness (QED) is 0.743. The molecule has 3 nitrogen and oxygen atoms in total. The topological polar surface area (TPSA) is 51.2 Å². The van der Waals surface area contributed by atoms with E-state index in [1.165, 1.54) is 13.8 Å². The Balaban J connectivity index is 2.99. The molecule has 15 heavy (non-hydrogen) atoms. The minimum atomic E-state index is -3.34. The first-order chi connectivity index (χ1) is 6.77. The van der Waals surface area contributed by atoms with Crippen molar-refractivity contribution in [3.8, 4) is 0 Å². The lowest BCUT2D eigenvalue weighted by Crippen LogP contribution is -2.41. The van der Waals surface area contributed by atoms with E-state index in [0.717, 1.165) is 31.9 Å². The fraction of sp³-hybridized carbons (Fsp3) is 0.727. The zero-order chi connectivity index (χ0) is 11.7. The van der Waals surface area contributed by atoms with Crippen LogP contribution in [-0.2, 0) is 14.6 Å². The van der Waals surface area contributed by atoms with Crippen LogP contribution in [-0.4, -0.2) is 25.2 Å². The standard InChI is InChI=1S/C11H18O3S/c1-11(2,15(3,13)14)10(12)9-7-5-4-6-8-9/h7H,4-6,8H2,1-3H3. The van der Waals surface area contributed by atoms with Crippen LogP contribution in [0.25, 0.3) is 0 Å². The third-order valence-corrected chi connectivity index (χ3v) is 5.10. The van der Waals surface area contributed by atoms with Crippen LogP contribution in [0, 0.1) is 0 Å². The minimum absolute atomic E-state index is 0.232. The molecule has 0 aromatic rings. The highest BCUT2D eigenvalue weighted by molar-refractivity contribution is 7.92. The molecule has 1 aliphatic rings. The Kier molecular flexibility index (Phi) is 3.38. The van der Waals surface area contributed by atoms with Crippen molar-refractivity contribution < 1.29 is 13.2 Å². The number of Topliss-reactive ketones (excluding diaryl/α,β-unsaturated/α-hetero) is 1. The number of sulfone groups is 1. The predicted octanol–water partition coefficient (Wildman–Crippen LogP) is 1.88. The highest BCUT2D eigenvalue weighted by atomic mass is 32.2. The molecule has 0 atom stereocenters. The lowest BCUT2D eigenvalue weighted by molar-refractivity contribution is -0.117. The van der Waals surface area contributed by atoms with Crippen molar-refractivity contribution >= 4 is 15.6 Å². The summed E-state index contributed by atoms with van der Waals surface area (Å²) in [5, 5.41) is 0. The zero-order valence-electron chi connectivity index (χ0n) is 9.54. The molecule has 0 radical (unpaired) electrons. The molecule has 0 saturated heterocycles. The molecule has 86 valence electrons. The van der Waals surface area contributed by atoms with Crippen LogP contribution in [0.5, 0.6) is 0 Å². The molecule has 0 unspecified atom stereocenters. The van der Waals surface area contributed by atoms with Crippen molar-refractivity contribution in [1.82, 2.24) is 0 Å². The molecule has 4 heteroatoms. The Labute approximate surface area is 91.5 Å². The number of hydrogen-bond acceptors (Lipinski definition) is 3. The molecule has 0 N–H and O–H groups in total. The Morgan fingerprint density at radius 1 is 1.33 bits per heavy atom. The van der Waals surface area contributed by atoms with E-state index in [1.807, 2.05) is 6.08 Å². The number of carbonyl (C=O) groups is 1. The van der Waals surface area contributed by atoms with Crippen LogP contribution in [0.2, 0.25) is 0 Å². The van der Waals surface area contributed by atoms with Crippen LogP contribution >= 0.6 is 0 Å². The van der Waals surface area contributed by atoms with E-state index in [2.05, 4.69) is 0 Å². The summed E-state index contributed by atoms with van der Waals surface area (Å²) in [7, 11) is -3.34. The second kappa shape index (κ2) is 4.08. The molecule has 0 bridgehead atoms. The monoisotopic (exact) mass is 230 g/mol. The van der Waals surface area contributed by atoms with Crippen LogP contribution in [0.1, 0.15) is 39.5 Å². The number of hydrogen-bond donors (Lipinski definition) is 0. The fourth-order valence-corrected chi connectivity index (χ4v) is 2.07. The van der Waals surface area contributed by atoms with Crippen molar-refractivity contribution in [3.63, 3.8) is 0 Å². The van der Waals surface area contributed by atoms with Gasteiger partial charge in [-0.25, -0.2) is 8.42 Å². The van der Waals surface area contributed by atoms with E-state index >= 15 is 0 Å². The molecule has 0 fully saturated rings.